The number of nitrogens with zero attached hydrogens (tertiary/aromatic N) is 2. The SMILES string of the molecule is Cc1cc(C2=CCc3cccnc3O2)cc(C)c1OCCN1CCOCC1. The Morgan fingerprint density at radius 1 is 1.15 bits per heavy atom. The Morgan fingerprint density at radius 3 is 2.70 bits per heavy atom. The van der Waals surface area contributed by atoms with Crippen LogP contribution >= 0.6 is 0 Å². The fourth-order valence-corrected chi connectivity index (χ4v) is 3.62. The van der Waals surface area contributed by atoms with Gasteiger partial charge in [-0.3, -0.25) is 4.90 Å². The summed E-state index contributed by atoms with van der Waals surface area (Å²) in [4.78, 5) is 6.72. The smallest absolute Gasteiger partial charge is 0.222 e. The van der Waals surface area contributed by atoms with Gasteiger partial charge in [0.15, 0.2) is 0 Å². The average molecular weight is 366 g/mol. The van der Waals surface area contributed by atoms with Gasteiger partial charge >= 0.3 is 0 Å². The Bertz CT molecular complexity index is 818. The van der Waals surface area contributed by atoms with Crippen molar-refractivity contribution in [1.82, 2.24) is 9.88 Å². The van der Waals surface area contributed by atoms with E-state index in [1.807, 2.05) is 6.07 Å². The van der Waals surface area contributed by atoms with Gasteiger partial charge in [0.2, 0.25) is 5.88 Å². The van der Waals surface area contributed by atoms with Crippen molar-refractivity contribution in [2.24, 2.45) is 0 Å². The number of benzene rings is 1. The van der Waals surface area contributed by atoms with E-state index in [0.29, 0.717) is 12.5 Å². The van der Waals surface area contributed by atoms with Crippen LogP contribution in [0, 0.1) is 13.8 Å². The van der Waals surface area contributed by atoms with E-state index >= 15 is 0 Å². The molecule has 142 valence electrons. The lowest BCUT2D eigenvalue weighted by molar-refractivity contribution is 0.0322. The maximum atomic E-state index is 6.11. The van der Waals surface area contributed by atoms with E-state index in [1.54, 1.807) is 6.20 Å². The summed E-state index contributed by atoms with van der Waals surface area (Å²) in [7, 11) is 0. The first-order chi connectivity index (χ1) is 13.2. The molecule has 0 bridgehead atoms. The molecule has 3 heterocycles. The molecule has 4 rings (SSSR count). The maximum absolute atomic E-state index is 6.11. The van der Waals surface area contributed by atoms with E-state index in [1.165, 1.54) is 0 Å². The second kappa shape index (κ2) is 8.11. The predicted octanol–water partition coefficient (Wildman–Crippen LogP) is 3.39. The second-order valence-electron chi connectivity index (χ2n) is 7.08. The van der Waals surface area contributed by atoms with Crippen molar-refractivity contribution in [2.45, 2.75) is 20.3 Å². The standard InChI is InChI=1S/C22H26N2O3/c1-16-14-19(20-6-5-18-4-3-7-23-22(18)27-20)15-17(2)21(16)26-13-10-24-8-11-25-12-9-24/h3-4,6-7,14-15H,5,8-13H2,1-2H3. The molecular formula is C22H26N2O3. The normalized spacial score (nSPS) is 17.0. The molecular weight excluding hydrogens is 340 g/mol. The molecule has 0 amide bonds. The minimum atomic E-state index is 0.692. The number of pyridine rings is 1. The molecule has 2 aliphatic rings. The van der Waals surface area contributed by atoms with Crippen molar-refractivity contribution >= 4 is 5.76 Å². The van der Waals surface area contributed by atoms with Crippen LogP contribution in [0.3, 0.4) is 0 Å². The summed E-state index contributed by atoms with van der Waals surface area (Å²) in [6, 6.07) is 8.27. The molecule has 0 aliphatic carbocycles. The summed E-state index contributed by atoms with van der Waals surface area (Å²) in [5, 5.41) is 0. The van der Waals surface area contributed by atoms with E-state index in [-0.39, 0.29) is 0 Å². The van der Waals surface area contributed by atoms with Gasteiger partial charge < -0.3 is 14.2 Å². The third-order valence-corrected chi connectivity index (χ3v) is 5.07. The number of ether oxygens (including phenoxy) is 3. The van der Waals surface area contributed by atoms with Gasteiger partial charge in [0.1, 0.15) is 18.1 Å². The van der Waals surface area contributed by atoms with Crippen molar-refractivity contribution in [3.05, 3.63) is 58.8 Å². The molecule has 1 aromatic heterocycles. The first kappa shape index (κ1) is 18.0. The average Bonchev–Trinajstić information content (AvgIpc) is 2.70. The van der Waals surface area contributed by atoms with E-state index in [9.17, 15) is 0 Å². The fraction of sp³-hybridized carbons (Fsp3) is 0.409. The Morgan fingerprint density at radius 2 is 1.93 bits per heavy atom. The van der Waals surface area contributed by atoms with E-state index < -0.39 is 0 Å². The van der Waals surface area contributed by atoms with Crippen molar-refractivity contribution in [2.75, 3.05) is 39.5 Å². The quantitative estimate of drug-likeness (QED) is 0.812. The van der Waals surface area contributed by atoms with Crippen LogP contribution in [0.2, 0.25) is 0 Å². The van der Waals surface area contributed by atoms with Gasteiger partial charge in [0, 0.05) is 37.0 Å². The summed E-state index contributed by atoms with van der Waals surface area (Å²) in [5.74, 6) is 2.55. The predicted molar refractivity (Wildman–Crippen MR) is 105 cm³/mol. The van der Waals surface area contributed by atoms with Gasteiger partial charge in [-0.05, 0) is 55.7 Å². The third-order valence-electron chi connectivity index (χ3n) is 5.07. The van der Waals surface area contributed by atoms with E-state index in [0.717, 1.165) is 73.0 Å². The van der Waals surface area contributed by atoms with Gasteiger partial charge in [-0.15, -0.1) is 0 Å². The minimum Gasteiger partial charge on any atom is -0.492 e. The van der Waals surface area contributed by atoms with E-state index in [2.05, 4.69) is 48.0 Å². The molecule has 0 unspecified atom stereocenters. The van der Waals surface area contributed by atoms with Crippen LogP contribution in [0.1, 0.15) is 22.3 Å². The zero-order valence-electron chi connectivity index (χ0n) is 16.0. The summed E-state index contributed by atoms with van der Waals surface area (Å²) in [5.41, 5.74) is 4.45. The van der Waals surface area contributed by atoms with E-state index in [4.69, 9.17) is 14.2 Å². The molecule has 5 nitrogen and oxygen atoms in total. The summed E-state index contributed by atoms with van der Waals surface area (Å²) < 4.78 is 17.5. The highest BCUT2D eigenvalue weighted by Gasteiger charge is 2.17. The van der Waals surface area contributed by atoms with Gasteiger partial charge in [-0.25, -0.2) is 4.98 Å². The Kier molecular flexibility index (Phi) is 5.41. The molecule has 2 aliphatic heterocycles. The number of hydrogen-bond donors (Lipinski definition) is 0. The first-order valence-corrected chi connectivity index (χ1v) is 9.57. The number of aromatic nitrogens is 1. The van der Waals surface area contributed by atoms with Gasteiger partial charge in [-0.2, -0.15) is 0 Å². The molecule has 0 N–H and O–H groups in total. The molecule has 5 heteroatoms. The topological polar surface area (TPSA) is 43.8 Å². The zero-order valence-corrected chi connectivity index (χ0v) is 16.0. The summed E-state index contributed by atoms with van der Waals surface area (Å²) in [6.07, 6.45) is 4.73. The molecule has 0 radical (unpaired) electrons. The Hall–Kier alpha value is -2.37. The lowest BCUT2D eigenvalue weighted by atomic mass is 10.0. The maximum Gasteiger partial charge on any atom is 0.222 e. The van der Waals surface area contributed by atoms with Crippen LogP contribution in [-0.4, -0.2) is 49.3 Å². The Labute approximate surface area is 160 Å². The molecule has 0 atom stereocenters. The first-order valence-electron chi connectivity index (χ1n) is 9.57. The summed E-state index contributed by atoms with van der Waals surface area (Å²) >= 11 is 0. The largest absolute Gasteiger partial charge is 0.492 e. The number of morpholine rings is 1. The van der Waals surface area contributed by atoms with Crippen LogP contribution < -0.4 is 9.47 Å². The molecule has 1 saturated heterocycles. The molecule has 27 heavy (non-hydrogen) atoms. The van der Waals surface area contributed by atoms with Crippen LogP contribution in [-0.2, 0) is 11.2 Å². The monoisotopic (exact) mass is 366 g/mol. The number of allylic oxidation sites excluding steroid dienone is 1. The van der Waals surface area contributed by atoms with Crippen LogP contribution in [0.15, 0.2) is 36.5 Å². The number of rotatable bonds is 5. The van der Waals surface area contributed by atoms with Crippen molar-refractivity contribution < 1.29 is 14.2 Å². The van der Waals surface area contributed by atoms with Gasteiger partial charge in [-0.1, -0.05) is 6.07 Å². The highest BCUT2D eigenvalue weighted by Crippen LogP contribution is 2.32. The second-order valence-corrected chi connectivity index (χ2v) is 7.08. The van der Waals surface area contributed by atoms with Crippen molar-refractivity contribution in [3.63, 3.8) is 0 Å². The number of aryl methyl sites for hydroxylation is 2. The van der Waals surface area contributed by atoms with Crippen LogP contribution in [0.25, 0.3) is 5.76 Å². The molecule has 0 saturated carbocycles. The lowest BCUT2D eigenvalue weighted by Crippen LogP contribution is -2.38. The molecule has 1 aromatic carbocycles. The molecule has 1 fully saturated rings. The summed E-state index contributed by atoms with van der Waals surface area (Å²) in [6.45, 7) is 9.42. The highest BCUT2D eigenvalue weighted by molar-refractivity contribution is 5.67. The van der Waals surface area contributed by atoms with Crippen molar-refractivity contribution in [1.29, 1.82) is 0 Å². The Balaban J connectivity index is 1.43. The molecule has 0 spiro atoms. The highest BCUT2D eigenvalue weighted by atomic mass is 16.5. The lowest BCUT2D eigenvalue weighted by Gasteiger charge is -2.26. The number of hydrogen-bond acceptors (Lipinski definition) is 5. The van der Waals surface area contributed by atoms with Gasteiger partial charge in [0.05, 0.1) is 13.2 Å². The van der Waals surface area contributed by atoms with Gasteiger partial charge in [0.25, 0.3) is 0 Å². The van der Waals surface area contributed by atoms with Crippen LogP contribution in [0.5, 0.6) is 11.6 Å². The molecule has 2 aromatic rings. The third kappa shape index (κ3) is 4.15. The minimum absolute atomic E-state index is 0.692. The zero-order chi connectivity index (χ0) is 18.6. The van der Waals surface area contributed by atoms with Crippen LogP contribution in [0.4, 0.5) is 0 Å². The van der Waals surface area contributed by atoms with Crippen molar-refractivity contribution in [3.8, 4) is 11.6 Å². The fourth-order valence-electron chi connectivity index (χ4n) is 3.62. The number of fused-ring (bicyclic) bond motifs is 1.